The molecule has 0 aromatic heterocycles. The highest BCUT2D eigenvalue weighted by molar-refractivity contribution is 5.98. The summed E-state index contributed by atoms with van der Waals surface area (Å²) in [5, 5.41) is 0. The molecule has 0 amide bonds. The Morgan fingerprint density at radius 3 is 1.67 bits per heavy atom. The first-order chi connectivity index (χ1) is 13.4. The second kappa shape index (κ2) is 6.62. The van der Waals surface area contributed by atoms with Crippen molar-refractivity contribution in [3.63, 3.8) is 0 Å². The van der Waals surface area contributed by atoms with E-state index in [4.69, 9.17) is 4.74 Å². The highest BCUT2D eigenvalue weighted by Crippen LogP contribution is 2.44. The minimum Gasteiger partial charge on any atom is -0.456 e. The molecule has 1 heteroatoms. The number of benzene rings is 4. The molecule has 0 aliphatic carbocycles. The van der Waals surface area contributed by atoms with E-state index < -0.39 is 0 Å². The van der Waals surface area contributed by atoms with Crippen LogP contribution in [0.4, 0.5) is 0 Å². The molecule has 1 aliphatic heterocycles. The van der Waals surface area contributed by atoms with Crippen molar-refractivity contribution in [1.82, 2.24) is 0 Å². The predicted octanol–water partition coefficient (Wildman–Crippen LogP) is 7.05. The van der Waals surface area contributed by atoms with Crippen LogP contribution in [0.3, 0.4) is 0 Å². The third kappa shape index (κ3) is 2.84. The summed E-state index contributed by atoms with van der Waals surface area (Å²) >= 11 is 0. The average Bonchev–Trinajstić information content (AvgIpc) is 2.74. The zero-order chi connectivity index (χ0) is 18.1. The van der Waals surface area contributed by atoms with Crippen LogP contribution in [-0.2, 0) is 0 Å². The zero-order valence-electron chi connectivity index (χ0n) is 14.8. The first-order valence-electron chi connectivity index (χ1n) is 9.13. The maximum Gasteiger partial charge on any atom is 0.135 e. The van der Waals surface area contributed by atoms with Gasteiger partial charge in [-0.3, -0.25) is 0 Å². The van der Waals surface area contributed by atoms with Gasteiger partial charge >= 0.3 is 0 Å². The monoisotopic (exact) mass is 346 g/mol. The first-order valence-corrected chi connectivity index (χ1v) is 9.13. The third-order valence-corrected chi connectivity index (χ3v) is 4.92. The summed E-state index contributed by atoms with van der Waals surface area (Å²) in [5.41, 5.74) is 7.09. The van der Waals surface area contributed by atoms with Crippen molar-refractivity contribution in [2.75, 3.05) is 0 Å². The number of hydrogen-bond donors (Lipinski definition) is 0. The van der Waals surface area contributed by atoms with Crippen molar-refractivity contribution in [1.29, 1.82) is 0 Å². The van der Waals surface area contributed by atoms with E-state index in [1.54, 1.807) is 0 Å². The molecule has 0 radical (unpaired) electrons. The third-order valence-electron chi connectivity index (χ3n) is 4.92. The summed E-state index contributed by atoms with van der Waals surface area (Å²) in [7, 11) is 0. The van der Waals surface area contributed by atoms with Crippen molar-refractivity contribution < 1.29 is 4.74 Å². The van der Waals surface area contributed by atoms with Gasteiger partial charge in [0.15, 0.2) is 0 Å². The van der Waals surface area contributed by atoms with Crippen molar-refractivity contribution in [2.24, 2.45) is 0 Å². The molecule has 5 rings (SSSR count). The van der Waals surface area contributed by atoms with E-state index in [0.717, 1.165) is 22.6 Å². The minimum atomic E-state index is 0.902. The van der Waals surface area contributed by atoms with Gasteiger partial charge in [-0.15, -0.1) is 0 Å². The Bertz CT molecular complexity index is 1090. The predicted molar refractivity (Wildman–Crippen MR) is 112 cm³/mol. The van der Waals surface area contributed by atoms with Crippen molar-refractivity contribution in [3.05, 3.63) is 120 Å². The largest absolute Gasteiger partial charge is 0.456 e. The Morgan fingerprint density at radius 1 is 0.481 bits per heavy atom. The lowest BCUT2D eigenvalue weighted by molar-refractivity contribution is 0.474. The fourth-order valence-electron chi connectivity index (χ4n) is 3.63. The highest BCUT2D eigenvalue weighted by atomic mass is 16.5. The summed E-state index contributed by atoms with van der Waals surface area (Å²) in [6.45, 7) is 0. The fraction of sp³-hybridized carbons (Fsp3) is 0. The van der Waals surface area contributed by atoms with Crippen LogP contribution in [0.15, 0.2) is 103 Å². The lowest BCUT2D eigenvalue weighted by atomic mass is 9.90. The Kier molecular flexibility index (Phi) is 3.84. The molecule has 1 nitrogen and oxygen atoms in total. The van der Waals surface area contributed by atoms with E-state index in [1.165, 1.54) is 22.3 Å². The lowest BCUT2D eigenvalue weighted by Gasteiger charge is -2.23. The quantitative estimate of drug-likeness (QED) is 0.333. The van der Waals surface area contributed by atoms with E-state index in [0.29, 0.717) is 0 Å². The van der Waals surface area contributed by atoms with Gasteiger partial charge in [-0.2, -0.15) is 0 Å². The van der Waals surface area contributed by atoms with Gasteiger partial charge in [0.25, 0.3) is 0 Å². The molecule has 1 heterocycles. The first kappa shape index (κ1) is 15.7. The molecule has 0 saturated heterocycles. The molecule has 1 aliphatic rings. The molecule has 128 valence electrons. The van der Waals surface area contributed by atoms with Gasteiger partial charge in [0.05, 0.1) is 0 Å². The summed E-state index contributed by atoms with van der Waals surface area (Å²) in [6, 6.07) is 35.5. The molecular weight excluding hydrogens is 328 g/mol. The second-order valence-electron chi connectivity index (χ2n) is 6.61. The number of ether oxygens (including phenoxy) is 1. The van der Waals surface area contributed by atoms with E-state index in [9.17, 15) is 0 Å². The molecule has 0 unspecified atom stereocenters. The maximum atomic E-state index is 6.12. The Labute approximate surface area is 159 Å². The SMILES string of the molecule is C(=C1c2ccccc2Oc2ccccc21)c1ccccc1-c1ccccc1. The van der Waals surface area contributed by atoms with Crippen molar-refractivity contribution >= 4 is 11.6 Å². The van der Waals surface area contributed by atoms with Crippen LogP contribution < -0.4 is 4.74 Å². The zero-order valence-corrected chi connectivity index (χ0v) is 14.8. The fourth-order valence-corrected chi connectivity index (χ4v) is 3.63. The number of para-hydroxylation sites is 2. The molecule has 0 bridgehead atoms. The molecule has 0 atom stereocenters. The van der Waals surface area contributed by atoms with Crippen LogP contribution >= 0.6 is 0 Å². The van der Waals surface area contributed by atoms with E-state index >= 15 is 0 Å². The highest BCUT2D eigenvalue weighted by Gasteiger charge is 2.21. The van der Waals surface area contributed by atoms with E-state index in [-0.39, 0.29) is 0 Å². The Hall–Kier alpha value is -3.58. The molecule has 0 N–H and O–H groups in total. The Balaban J connectivity index is 1.74. The molecule has 0 spiro atoms. The average molecular weight is 346 g/mol. The molecule has 0 saturated carbocycles. The summed E-state index contributed by atoms with van der Waals surface area (Å²) in [4.78, 5) is 0. The van der Waals surface area contributed by atoms with Gasteiger partial charge in [0, 0.05) is 11.1 Å². The van der Waals surface area contributed by atoms with Gasteiger partial charge in [-0.25, -0.2) is 0 Å². The summed E-state index contributed by atoms with van der Waals surface area (Å²) in [5.74, 6) is 1.80. The van der Waals surface area contributed by atoms with Crippen molar-refractivity contribution in [2.45, 2.75) is 0 Å². The van der Waals surface area contributed by atoms with Gasteiger partial charge in [0.2, 0.25) is 0 Å². The van der Waals surface area contributed by atoms with Gasteiger partial charge < -0.3 is 4.74 Å². The van der Waals surface area contributed by atoms with Gasteiger partial charge in [-0.1, -0.05) is 91.0 Å². The van der Waals surface area contributed by atoms with Crippen LogP contribution in [0.1, 0.15) is 16.7 Å². The normalized spacial score (nSPS) is 11.9. The second-order valence-corrected chi connectivity index (χ2v) is 6.61. The van der Waals surface area contributed by atoms with Crippen LogP contribution in [0.25, 0.3) is 22.8 Å². The topological polar surface area (TPSA) is 9.23 Å². The van der Waals surface area contributed by atoms with E-state index in [2.05, 4.69) is 84.9 Å². The summed E-state index contributed by atoms with van der Waals surface area (Å²) < 4.78 is 6.12. The van der Waals surface area contributed by atoms with Crippen LogP contribution in [0.2, 0.25) is 0 Å². The maximum absolute atomic E-state index is 6.12. The number of fused-ring (bicyclic) bond motifs is 2. The molecular formula is C26H18O. The number of hydrogen-bond acceptors (Lipinski definition) is 1. The molecule has 0 fully saturated rings. The lowest BCUT2D eigenvalue weighted by Crippen LogP contribution is -2.02. The van der Waals surface area contributed by atoms with Crippen LogP contribution in [-0.4, -0.2) is 0 Å². The van der Waals surface area contributed by atoms with Crippen LogP contribution in [0.5, 0.6) is 11.5 Å². The summed E-state index contributed by atoms with van der Waals surface area (Å²) in [6.07, 6.45) is 2.28. The minimum absolute atomic E-state index is 0.902. The van der Waals surface area contributed by atoms with E-state index in [1.807, 2.05) is 24.3 Å². The van der Waals surface area contributed by atoms with Crippen LogP contribution in [0, 0.1) is 0 Å². The van der Waals surface area contributed by atoms with Gasteiger partial charge in [-0.05, 0) is 40.5 Å². The smallest absolute Gasteiger partial charge is 0.135 e. The molecule has 27 heavy (non-hydrogen) atoms. The van der Waals surface area contributed by atoms with Gasteiger partial charge in [0.1, 0.15) is 11.5 Å². The Morgan fingerprint density at radius 2 is 1.00 bits per heavy atom. The molecule has 4 aromatic rings. The van der Waals surface area contributed by atoms with Crippen molar-refractivity contribution in [3.8, 4) is 22.6 Å². The molecule has 4 aromatic carbocycles. The standard InChI is InChI=1S/C26H18O/c1-2-10-19(11-3-1)21-13-5-4-12-20(21)18-24-22-14-6-8-16-25(22)27-26-17-9-7-15-23(24)26/h1-18H. The number of rotatable bonds is 2.